The second-order valence-corrected chi connectivity index (χ2v) is 5.19. The van der Waals surface area contributed by atoms with Crippen LogP contribution in [0.1, 0.15) is 25.8 Å². The second-order valence-electron chi connectivity index (χ2n) is 5.19. The topological polar surface area (TPSA) is 47.5 Å². The van der Waals surface area contributed by atoms with Crippen molar-refractivity contribution in [3.63, 3.8) is 0 Å². The van der Waals surface area contributed by atoms with Gasteiger partial charge in [0.05, 0.1) is 18.9 Å². The number of rotatable bonds is 7. The molecule has 0 unspecified atom stereocenters. The van der Waals surface area contributed by atoms with Gasteiger partial charge in [-0.2, -0.15) is 18.2 Å². The Kier molecular flexibility index (Phi) is 6.06. The molecule has 0 bridgehead atoms. The molecule has 0 radical (unpaired) electrons. The van der Waals surface area contributed by atoms with Gasteiger partial charge < -0.3 is 14.4 Å². The van der Waals surface area contributed by atoms with Gasteiger partial charge >= 0.3 is 6.18 Å². The summed E-state index contributed by atoms with van der Waals surface area (Å²) in [6.07, 6.45) is -3.27. The summed E-state index contributed by atoms with van der Waals surface area (Å²) in [4.78, 5) is 9.38. The van der Waals surface area contributed by atoms with Gasteiger partial charge in [0, 0.05) is 13.2 Å². The lowest BCUT2D eigenvalue weighted by Crippen LogP contribution is -2.18. The molecule has 2 aromatic rings. The second kappa shape index (κ2) is 8.04. The van der Waals surface area contributed by atoms with Gasteiger partial charge in [0.15, 0.2) is 0 Å². The van der Waals surface area contributed by atoms with Crippen LogP contribution < -0.4 is 14.4 Å². The number of para-hydroxylation sites is 2. The highest BCUT2D eigenvalue weighted by molar-refractivity contribution is 5.65. The fraction of sp³-hybridized carbons (Fsp3) is 0.412. The van der Waals surface area contributed by atoms with Crippen molar-refractivity contribution in [1.82, 2.24) is 9.97 Å². The van der Waals surface area contributed by atoms with Crippen LogP contribution in [0.5, 0.6) is 11.6 Å². The van der Waals surface area contributed by atoms with Crippen molar-refractivity contribution < 1.29 is 22.6 Å². The Morgan fingerprint density at radius 1 is 1.12 bits per heavy atom. The molecule has 0 N–H and O–H groups in total. The summed E-state index contributed by atoms with van der Waals surface area (Å²) in [5.74, 6) is 0.207. The molecular formula is C17H20F3N3O2. The molecule has 8 heteroatoms. The number of ether oxygens (including phenoxy) is 2. The molecule has 0 saturated carbocycles. The molecule has 1 heterocycles. The summed E-state index contributed by atoms with van der Waals surface area (Å²) >= 11 is 0. The molecule has 0 spiro atoms. The summed E-state index contributed by atoms with van der Waals surface area (Å²) < 4.78 is 50.0. The molecule has 25 heavy (non-hydrogen) atoms. The Bertz CT molecular complexity index is 708. The lowest BCUT2D eigenvalue weighted by molar-refractivity contribution is -0.139. The van der Waals surface area contributed by atoms with Gasteiger partial charge in [-0.25, -0.2) is 4.98 Å². The van der Waals surface area contributed by atoms with Gasteiger partial charge in [-0.15, -0.1) is 0 Å². The van der Waals surface area contributed by atoms with Crippen molar-refractivity contribution in [3.8, 4) is 11.6 Å². The number of alkyl halides is 3. The first kappa shape index (κ1) is 18.8. The first-order valence-corrected chi connectivity index (χ1v) is 7.91. The van der Waals surface area contributed by atoms with E-state index in [4.69, 9.17) is 9.47 Å². The van der Waals surface area contributed by atoms with E-state index in [9.17, 15) is 13.2 Å². The van der Waals surface area contributed by atoms with E-state index >= 15 is 0 Å². The minimum atomic E-state index is -4.58. The standard InChI is InChI=1S/C17H20F3N3O2/c1-4-10-25-15-12(17(18,19)20)11-21-16(22-15)23(3)13-8-6-7-9-14(13)24-5-2/h6-9,11H,4-5,10H2,1-3H3. The zero-order valence-electron chi connectivity index (χ0n) is 14.3. The smallest absolute Gasteiger partial charge is 0.423 e. The van der Waals surface area contributed by atoms with E-state index in [1.807, 2.05) is 13.0 Å². The lowest BCUT2D eigenvalue weighted by Gasteiger charge is -2.21. The first-order valence-electron chi connectivity index (χ1n) is 7.91. The van der Waals surface area contributed by atoms with Gasteiger partial charge in [-0.1, -0.05) is 19.1 Å². The predicted octanol–water partition coefficient (Wildman–Crippen LogP) is 4.45. The van der Waals surface area contributed by atoms with Crippen molar-refractivity contribution in [2.24, 2.45) is 0 Å². The van der Waals surface area contributed by atoms with E-state index in [1.165, 1.54) is 0 Å². The third-order valence-electron chi connectivity index (χ3n) is 3.32. The van der Waals surface area contributed by atoms with Crippen molar-refractivity contribution in [1.29, 1.82) is 0 Å². The van der Waals surface area contributed by atoms with Crippen molar-refractivity contribution in [2.75, 3.05) is 25.2 Å². The van der Waals surface area contributed by atoms with E-state index in [0.29, 0.717) is 24.5 Å². The SMILES string of the molecule is CCCOc1nc(N(C)c2ccccc2OCC)ncc1C(F)(F)F. The molecule has 2 rings (SSSR count). The third kappa shape index (κ3) is 4.52. The first-order chi connectivity index (χ1) is 11.9. The van der Waals surface area contributed by atoms with Crippen molar-refractivity contribution >= 4 is 11.6 Å². The number of benzene rings is 1. The molecular weight excluding hydrogens is 335 g/mol. The van der Waals surface area contributed by atoms with Crippen LogP contribution in [0.15, 0.2) is 30.5 Å². The van der Waals surface area contributed by atoms with E-state index < -0.39 is 17.6 Å². The van der Waals surface area contributed by atoms with E-state index in [1.54, 1.807) is 37.1 Å². The van der Waals surface area contributed by atoms with Gasteiger partial charge in [0.25, 0.3) is 0 Å². The molecule has 0 aliphatic rings. The van der Waals surface area contributed by atoms with E-state index in [0.717, 1.165) is 6.20 Å². The Labute approximate surface area is 144 Å². The normalized spacial score (nSPS) is 11.3. The Hall–Kier alpha value is -2.51. The van der Waals surface area contributed by atoms with Crippen LogP contribution in [0.4, 0.5) is 24.8 Å². The average molecular weight is 355 g/mol. The number of anilines is 2. The molecule has 5 nitrogen and oxygen atoms in total. The number of hydrogen-bond acceptors (Lipinski definition) is 5. The van der Waals surface area contributed by atoms with Crippen molar-refractivity contribution in [3.05, 3.63) is 36.0 Å². The van der Waals surface area contributed by atoms with Crippen LogP contribution in [0.3, 0.4) is 0 Å². The fourth-order valence-electron chi connectivity index (χ4n) is 2.14. The maximum atomic E-state index is 13.1. The number of aromatic nitrogens is 2. The van der Waals surface area contributed by atoms with Crippen LogP contribution in [0.2, 0.25) is 0 Å². The van der Waals surface area contributed by atoms with Gasteiger partial charge in [0.2, 0.25) is 11.8 Å². The summed E-state index contributed by atoms with van der Waals surface area (Å²) in [5.41, 5.74) is -0.346. The molecule has 0 amide bonds. The summed E-state index contributed by atoms with van der Waals surface area (Å²) in [6.45, 7) is 4.25. The van der Waals surface area contributed by atoms with E-state index in [-0.39, 0.29) is 12.6 Å². The third-order valence-corrected chi connectivity index (χ3v) is 3.32. The Balaban J connectivity index is 2.42. The summed E-state index contributed by atoms with van der Waals surface area (Å²) in [7, 11) is 1.66. The quantitative estimate of drug-likeness (QED) is 0.734. The highest BCUT2D eigenvalue weighted by Gasteiger charge is 2.36. The molecule has 0 aliphatic carbocycles. The molecule has 0 aliphatic heterocycles. The molecule has 1 aromatic carbocycles. The van der Waals surface area contributed by atoms with Crippen LogP contribution in [0, 0.1) is 0 Å². The molecule has 1 aromatic heterocycles. The fourth-order valence-corrected chi connectivity index (χ4v) is 2.14. The van der Waals surface area contributed by atoms with Crippen LogP contribution >= 0.6 is 0 Å². The number of nitrogens with zero attached hydrogens (tertiary/aromatic N) is 3. The largest absolute Gasteiger partial charge is 0.492 e. The maximum absolute atomic E-state index is 13.1. The molecule has 136 valence electrons. The zero-order valence-corrected chi connectivity index (χ0v) is 14.3. The Morgan fingerprint density at radius 3 is 2.48 bits per heavy atom. The predicted molar refractivity (Wildman–Crippen MR) is 88.5 cm³/mol. The average Bonchev–Trinajstić information content (AvgIpc) is 2.59. The minimum absolute atomic E-state index is 0.0891. The van der Waals surface area contributed by atoms with Gasteiger partial charge in [-0.3, -0.25) is 0 Å². The summed E-state index contributed by atoms with van der Waals surface area (Å²) in [6, 6.07) is 7.16. The monoisotopic (exact) mass is 355 g/mol. The maximum Gasteiger partial charge on any atom is 0.423 e. The van der Waals surface area contributed by atoms with Crippen LogP contribution in [-0.2, 0) is 6.18 Å². The van der Waals surface area contributed by atoms with Gasteiger partial charge in [0.1, 0.15) is 11.3 Å². The highest BCUT2D eigenvalue weighted by Crippen LogP contribution is 2.37. The van der Waals surface area contributed by atoms with E-state index in [2.05, 4.69) is 9.97 Å². The number of halogens is 3. The zero-order chi connectivity index (χ0) is 18.4. The van der Waals surface area contributed by atoms with Crippen LogP contribution in [0.25, 0.3) is 0 Å². The summed E-state index contributed by atoms with van der Waals surface area (Å²) in [5, 5.41) is 0. The molecule has 0 atom stereocenters. The molecule has 0 saturated heterocycles. The van der Waals surface area contributed by atoms with Gasteiger partial charge in [-0.05, 0) is 25.5 Å². The van der Waals surface area contributed by atoms with Crippen LogP contribution in [-0.4, -0.2) is 30.2 Å². The number of hydrogen-bond donors (Lipinski definition) is 0. The lowest BCUT2D eigenvalue weighted by atomic mass is 10.2. The minimum Gasteiger partial charge on any atom is -0.492 e. The Morgan fingerprint density at radius 2 is 1.84 bits per heavy atom. The van der Waals surface area contributed by atoms with Crippen molar-refractivity contribution in [2.45, 2.75) is 26.4 Å². The highest BCUT2D eigenvalue weighted by atomic mass is 19.4. The molecule has 0 fully saturated rings.